The molecular weight excluding hydrogens is 372 g/mol. The second kappa shape index (κ2) is 6.79. The highest BCUT2D eigenvalue weighted by Gasteiger charge is 2.42. The summed E-state index contributed by atoms with van der Waals surface area (Å²) < 4.78 is 104. The van der Waals surface area contributed by atoms with Crippen LogP contribution in [-0.4, -0.2) is 20.1 Å². The van der Waals surface area contributed by atoms with E-state index in [2.05, 4.69) is 0 Å². The summed E-state index contributed by atoms with van der Waals surface area (Å²) in [7, 11) is -4.82. The molecule has 0 heterocycles. The molecule has 10 heteroatoms. The van der Waals surface area contributed by atoms with Gasteiger partial charge in [0.25, 0.3) is 0 Å². The molecule has 0 radical (unpaired) electrons. The molecule has 0 aliphatic heterocycles. The van der Waals surface area contributed by atoms with Gasteiger partial charge in [0.1, 0.15) is 0 Å². The molecule has 0 saturated heterocycles. The first kappa shape index (κ1) is 21.8. The van der Waals surface area contributed by atoms with Crippen LogP contribution in [0.4, 0.5) is 26.3 Å². The minimum absolute atomic E-state index is 0.265. The highest BCUT2D eigenvalue weighted by atomic mass is 32.2. The van der Waals surface area contributed by atoms with Crippen molar-refractivity contribution in [1.29, 1.82) is 0 Å². The second-order valence-electron chi connectivity index (χ2n) is 6.69. The Kier molecular flexibility index (Phi) is 5.91. The molecule has 1 N–H and O–H groups in total. The van der Waals surface area contributed by atoms with E-state index in [0.717, 1.165) is 19.9 Å². The van der Waals surface area contributed by atoms with E-state index in [9.17, 15) is 34.8 Å². The molecule has 0 unspecified atom stereocenters. The van der Waals surface area contributed by atoms with Gasteiger partial charge in [-0.25, -0.2) is 13.1 Å². The molecule has 0 aromatic heterocycles. The maximum Gasteiger partial charge on any atom is 0.417 e. The van der Waals surface area contributed by atoms with E-state index in [4.69, 9.17) is 0 Å². The van der Waals surface area contributed by atoms with Crippen LogP contribution < -0.4 is 4.72 Å². The lowest BCUT2D eigenvalue weighted by atomic mass is 10.0. The monoisotopic (exact) mass is 391 g/mol. The first-order valence-corrected chi connectivity index (χ1v) is 8.75. The van der Waals surface area contributed by atoms with E-state index < -0.39 is 44.8 Å². The van der Waals surface area contributed by atoms with Crippen LogP contribution in [0, 0.1) is 0 Å². The molecule has 0 amide bonds. The van der Waals surface area contributed by atoms with E-state index in [-0.39, 0.29) is 11.5 Å². The van der Waals surface area contributed by atoms with E-state index in [1.807, 2.05) is 0 Å². The minimum atomic E-state index is -4.97. The number of nitrogens with one attached hydrogen (secondary N) is 1. The number of hydrogen-bond donors (Lipinski definition) is 1. The normalized spacial score (nSPS) is 14.2. The van der Waals surface area contributed by atoms with Crippen LogP contribution in [0.3, 0.4) is 0 Å². The highest BCUT2D eigenvalue weighted by Crippen LogP contribution is 2.37. The van der Waals surface area contributed by atoms with Crippen molar-refractivity contribution >= 4 is 10.0 Å². The number of alkyl halides is 6. The molecule has 1 rings (SSSR count). The fourth-order valence-electron chi connectivity index (χ4n) is 2.32. The minimum Gasteiger partial charge on any atom is -0.207 e. The Labute approximate surface area is 142 Å². The van der Waals surface area contributed by atoms with Crippen LogP contribution in [-0.2, 0) is 16.2 Å². The molecule has 1 aromatic rings. The Morgan fingerprint density at radius 1 is 1.04 bits per heavy atom. The molecule has 0 atom stereocenters. The lowest BCUT2D eigenvalue weighted by Crippen LogP contribution is -2.46. The molecule has 0 spiro atoms. The van der Waals surface area contributed by atoms with Crippen molar-refractivity contribution in [2.75, 3.05) is 0 Å². The third-order valence-corrected chi connectivity index (χ3v) is 5.07. The Balaban J connectivity index is 3.39. The summed E-state index contributed by atoms with van der Waals surface area (Å²) in [5.41, 5.74) is -3.15. The van der Waals surface area contributed by atoms with Crippen molar-refractivity contribution in [3.63, 3.8) is 0 Å². The highest BCUT2D eigenvalue weighted by molar-refractivity contribution is 7.89. The van der Waals surface area contributed by atoms with Gasteiger partial charge in [0.2, 0.25) is 10.0 Å². The molecule has 0 aliphatic rings. The van der Waals surface area contributed by atoms with E-state index in [1.54, 1.807) is 18.6 Å². The topological polar surface area (TPSA) is 46.2 Å². The van der Waals surface area contributed by atoms with Crippen molar-refractivity contribution in [3.05, 3.63) is 29.3 Å². The van der Waals surface area contributed by atoms with Gasteiger partial charge in [-0.3, -0.25) is 0 Å². The van der Waals surface area contributed by atoms with Gasteiger partial charge in [0.15, 0.2) is 0 Å². The first-order valence-electron chi connectivity index (χ1n) is 7.26. The number of sulfonamides is 1. The molecular formula is C15H19F6NO2S. The molecule has 1 aromatic carbocycles. The standard InChI is InChI=1S/C15H19F6NO2S/c1-9(2)10-5-6-12(11(7-10)15(19,20)21)25(23,24)22-13(3,4)8-14(16,17)18/h5-7,9,22H,8H2,1-4H3. The third-order valence-electron chi connectivity index (χ3n) is 3.32. The van der Waals surface area contributed by atoms with Gasteiger partial charge in [-0.05, 0) is 37.5 Å². The van der Waals surface area contributed by atoms with Gasteiger partial charge in [0.05, 0.1) is 16.9 Å². The van der Waals surface area contributed by atoms with Crippen LogP contribution in [0.15, 0.2) is 23.1 Å². The van der Waals surface area contributed by atoms with Crippen LogP contribution in [0.5, 0.6) is 0 Å². The zero-order valence-corrected chi connectivity index (χ0v) is 14.8. The molecule has 144 valence electrons. The molecule has 25 heavy (non-hydrogen) atoms. The van der Waals surface area contributed by atoms with Crippen molar-refractivity contribution in [1.82, 2.24) is 4.72 Å². The summed E-state index contributed by atoms with van der Waals surface area (Å²) in [6.45, 7) is 5.17. The van der Waals surface area contributed by atoms with Crippen molar-refractivity contribution in [2.45, 2.75) is 62.8 Å². The lowest BCUT2D eigenvalue weighted by Gasteiger charge is -2.28. The number of hydrogen-bond acceptors (Lipinski definition) is 2. The summed E-state index contributed by atoms with van der Waals surface area (Å²) in [6.07, 6.45) is -11.2. The second-order valence-corrected chi connectivity index (χ2v) is 8.34. The van der Waals surface area contributed by atoms with Gasteiger partial charge in [0, 0.05) is 5.54 Å². The predicted molar refractivity (Wildman–Crippen MR) is 80.6 cm³/mol. The van der Waals surface area contributed by atoms with Crippen molar-refractivity contribution in [2.24, 2.45) is 0 Å². The number of rotatable bonds is 5. The summed E-state index contributed by atoms with van der Waals surface area (Å²) in [5, 5.41) is 0. The molecule has 0 saturated carbocycles. The molecule has 0 aliphatic carbocycles. The van der Waals surface area contributed by atoms with Crippen LogP contribution in [0.25, 0.3) is 0 Å². The van der Waals surface area contributed by atoms with Gasteiger partial charge >= 0.3 is 12.4 Å². The van der Waals surface area contributed by atoms with Crippen molar-refractivity contribution < 1.29 is 34.8 Å². The largest absolute Gasteiger partial charge is 0.417 e. The zero-order valence-electron chi connectivity index (χ0n) is 14.0. The van der Waals surface area contributed by atoms with Gasteiger partial charge in [-0.2, -0.15) is 26.3 Å². The Morgan fingerprint density at radius 2 is 1.56 bits per heavy atom. The quantitative estimate of drug-likeness (QED) is 0.731. The summed E-state index contributed by atoms with van der Waals surface area (Å²) in [4.78, 5) is -1.10. The van der Waals surface area contributed by atoms with Crippen LogP contribution in [0.2, 0.25) is 0 Å². The van der Waals surface area contributed by atoms with E-state index in [1.165, 1.54) is 6.07 Å². The summed E-state index contributed by atoms with van der Waals surface area (Å²) >= 11 is 0. The molecule has 0 fully saturated rings. The maximum atomic E-state index is 13.3. The zero-order chi connectivity index (χ0) is 19.8. The lowest BCUT2D eigenvalue weighted by molar-refractivity contribution is -0.146. The number of benzene rings is 1. The maximum absolute atomic E-state index is 13.3. The molecule has 3 nitrogen and oxygen atoms in total. The SMILES string of the molecule is CC(C)c1ccc(S(=O)(=O)NC(C)(C)CC(F)(F)F)c(C(F)(F)F)c1. The average Bonchev–Trinajstić information content (AvgIpc) is 2.32. The predicted octanol–water partition coefficient (Wildman–Crippen LogP) is 4.84. The Hall–Kier alpha value is -1.29. The Bertz CT molecular complexity index is 721. The fourth-order valence-corrected chi connectivity index (χ4v) is 3.94. The van der Waals surface area contributed by atoms with Gasteiger partial charge in [-0.15, -0.1) is 0 Å². The summed E-state index contributed by atoms with van der Waals surface area (Å²) in [5.74, 6) is -0.285. The third kappa shape index (κ3) is 6.18. The van der Waals surface area contributed by atoms with Crippen molar-refractivity contribution in [3.8, 4) is 0 Å². The average molecular weight is 391 g/mol. The van der Waals surface area contributed by atoms with Gasteiger partial charge < -0.3 is 0 Å². The van der Waals surface area contributed by atoms with E-state index in [0.29, 0.717) is 6.07 Å². The smallest absolute Gasteiger partial charge is 0.207 e. The van der Waals surface area contributed by atoms with Crippen LogP contribution >= 0.6 is 0 Å². The Morgan fingerprint density at radius 3 is 1.96 bits per heavy atom. The van der Waals surface area contributed by atoms with Crippen LogP contribution in [0.1, 0.15) is 51.2 Å². The van der Waals surface area contributed by atoms with Gasteiger partial charge in [-0.1, -0.05) is 19.9 Å². The first-order chi connectivity index (χ1) is 10.9. The van der Waals surface area contributed by atoms with E-state index >= 15 is 0 Å². The number of halogens is 6. The molecule has 0 bridgehead atoms. The summed E-state index contributed by atoms with van der Waals surface area (Å²) in [6, 6.07) is 2.69. The fraction of sp³-hybridized carbons (Fsp3) is 0.600.